The van der Waals surface area contributed by atoms with E-state index >= 15 is 0 Å². The van der Waals surface area contributed by atoms with Crippen LogP contribution in [-0.4, -0.2) is 41.4 Å². The molecule has 112 valence electrons. The number of aromatic nitrogens is 3. The van der Waals surface area contributed by atoms with Gasteiger partial charge >= 0.3 is 0 Å². The van der Waals surface area contributed by atoms with Crippen molar-refractivity contribution in [1.29, 1.82) is 0 Å². The molecule has 0 radical (unpaired) electrons. The van der Waals surface area contributed by atoms with E-state index in [0.717, 1.165) is 55.0 Å². The van der Waals surface area contributed by atoms with Crippen LogP contribution in [0.1, 0.15) is 17.0 Å². The van der Waals surface area contributed by atoms with Crippen molar-refractivity contribution in [3.05, 3.63) is 29.4 Å². The van der Waals surface area contributed by atoms with E-state index in [-0.39, 0.29) is 0 Å². The lowest BCUT2D eigenvalue weighted by Crippen LogP contribution is -2.36. The van der Waals surface area contributed by atoms with Gasteiger partial charge in [-0.15, -0.1) is 0 Å². The lowest BCUT2D eigenvalue weighted by atomic mass is 10.2. The Labute approximate surface area is 123 Å². The lowest BCUT2D eigenvalue weighted by Gasteiger charge is -2.27. The van der Waals surface area contributed by atoms with Crippen molar-refractivity contribution >= 4 is 11.6 Å². The average molecular weight is 289 g/mol. The molecule has 0 amide bonds. The zero-order valence-electron chi connectivity index (χ0n) is 12.3. The van der Waals surface area contributed by atoms with Gasteiger partial charge in [0.25, 0.3) is 0 Å². The van der Waals surface area contributed by atoms with E-state index in [1.807, 2.05) is 19.9 Å². The molecule has 7 heteroatoms. The fourth-order valence-corrected chi connectivity index (χ4v) is 2.34. The summed E-state index contributed by atoms with van der Waals surface area (Å²) in [5, 5.41) is 7.25. The van der Waals surface area contributed by atoms with Crippen LogP contribution in [0.2, 0.25) is 0 Å². The van der Waals surface area contributed by atoms with Gasteiger partial charge in [-0.1, -0.05) is 5.16 Å². The van der Waals surface area contributed by atoms with E-state index in [0.29, 0.717) is 6.54 Å². The maximum absolute atomic E-state index is 5.36. The van der Waals surface area contributed by atoms with E-state index in [1.165, 1.54) is 0 Å². The number of hydrogen-bond donors (Lipinski definition) is 1. The molecule has 1 aliphatic rings. The minimum atomic E-state index is 0.640. The highest BCUT2D eigenvalue weighted by molar-refractivity contribution is 5.49. The minimum absolute atomic E-state index is 0.640. The molecule has 0 bridgehead atoms. The fraction of sp³-hybridized carbons (Fsp3) is 0.500. The molecule has 0 aromatic carbocycles. The second kappa shape index (κ2) is 6.09. The zero-order valence-corrected chi connectivity index (χ0v) is 12.3. The molecule has 0 spiro atoms. The van der Waals surface area contributed by atoms with Crippen LogP contribution in [0.15, 0.2) is 16.9 Å². The van der Waals surface area contributed by atoms with Crippen LogP contribution in [-0.2, 0) is 11.3 Å². The van der Waals surface area contributed by atoms with Crippen LogP contribution in [0.4, 0.5) is 11.6 Å². The minimum Gasteiger partial charge on any atom is -0.378 e. The average Bonchev–Trinajstić information content (AvgIpc) is 2.85. The van der Waals surface area contributed by atoms with Gasteiger partial charge in [0.15, 0.2) is 0 Å². The quantitative estimate of drug-likeness (QED) is 0.914. The maximum Gasteiger partial charge on any atom is 0.138 e. The first kappa shape index (κ1) is 13.8. The number of nitrogens with zero attached hydrogens (tertiary/aromatic N) is 4. The van der Waals surface area contributed by atoms with Gasteiger partial charge in [-0.25, -0.2) is 9.97 Å². The first-order valence-corrected chi connectivity index (χ1v) is 7.04. The third-order valence-electron chi connectivity index (χ3n) is 3.62. The SMILES string of the molecule is Cc1noc(C)c1CNc1cc(N2CCOCC2)ncn1. The zero-order chi connectivity index (χ0) is 14.7. The van der Waals surface area contributed by atoms with Gasteiger partial charge in [0, 0.05) is 31.3 Å². The highest BCUT2D eigenvalue weighted by Crippen LogP contribution is 2.18. The van der Waals surface area contributed by atoms with Crippen LogP contribution in [0.3, 0.4) is 0 Å². The molecule has 1 aliphatic heterocycles. The van der Waals surface area contributed by atoms with Gasteiger partial charge in [0.05, 0.1) is 18.9 Å². The van der Waals surface area contributed by atoms with Gasteiger partial charge in [-0.3, -0.25) is 0 Å². The maximum atomic E-state index is 5.36. The van der Waals surface area contributed by atoms with Crippen molar-refractivity contribution in [2.45, 2.75) is 20.4 Å². The second-order valence-corrected chi connectivity index (χ2v) is 5.02. The molecule has 3 rings (SSSR count). The number of hydrogen-bond acceptors (Lipinski definition) is 7. The molecule has 0 atom stereocenters. The number of morpholine rings is 1. The van der Waals surface area contributed by atoms with E-state index in [1.54, 1.807) is 6.33 Å². The standard InChI is InChI=1S/C14H19N5O2/c1-10-12(11(2)21-18-10)8-15-13-7-14(17-9-16-13)19-3-5-20-6-4-19/h7,9H,3-6,8H2,1-2H3,(H,15,16,17). The summed E-state index contributed by atoms with van der Waals surface area (Å²) in [6.45, 7) is 7.70. The summed E-state index contributed by atoms with van der Waals surface area (Å²) in [5.74, 6) is 2.56. The van der Waals surface area contributed by atoms with E-state index < -0.39 is 0 Å². The predicted molar refractivity (Wildman–Crippen MR) is 78.4 cm³/mol. The molecule has 2 aromatic heterocycles. The van der Waals surface area contributed by atoms with E-state index in [4.69, 9.17) is 9.26 Å². The highest BCUT2D eigenvalue weighted by Gasteiger charge is 2.13. The third-order valence-corrected chi connectivity index (χ3v) is 3.62. The first-order valence-electron chi connectivity index (χ1n) is 7.04. The van der Waals surface area contributed by atoms with Crippen molar-refractivity contribution in [2.24, 2.45) is 0 Å². The smallest absolute Gasteiger partial charge is 0.138 e. The highest BCUT2D eigenvalue weighted by atomic mass is 16.5. The van der Waals surface area contributed by atoms with Crippen molar-refractivity contribution in [3.8, 4) is 0 Å². The molecule has 21 heavy (non-hydrogen) atoms. The van der Waals surface area contributed by atoms with Crippen molar-refractivity contribution in [3.63, 3.8) is 0 Å². The molecule has 7 nitrogen and oxygen atoms in total. The molecular weight excluding hydrogens is 270 g/mol. The monoisotopic (exact) mass is 289 g/mol. The van der Waals surface area contributed by atoms with Gasteiger partial charge < -0.3 is 19.5 Å². The summed E-state index contributed by atoms with van der Waals surface area (Å²) in [6, 6.07) is 1.96. The summed E-state index contributed by atoms with van der Waals surface area (Å²) in [5.41, 5.74) is 1.98. The number of rotatable bonds is 4. The Balaban J connectivity index is 1.68. The third kappa shape index (κ3) is 3.13. The number of nitrogens with one attached hydrogen (secondary N) is 1. The molecule has 0 saturated carbocycles. The number of ether oxygens (including phenoxy) is 1. The molecular formula is C14H19N5O2. The predicted octanol–water partition coefficient (Wildman–Crippen LogP) is 1.53. The van der Waals surface area contributed by atoms with Gasteiger partial charge in [0.2, 0.25) is 0 Å². The first-order chi connectivity index (χ1) is 10.2. The Kier molecular flexibility index (Phi) is 4.01. The molecule has 3 heterocycles. The summed E-state index contributed by atoms with van der Waals surface area (Å²) in [7, 11) is 0. The summed E-state index contributed by atoms with van der Waals surface area (Å²) < 4.78 is 10.5. The van der Waals surface area contributed by atoms with Crippen molar-refractivity contribution in [1.82, 2.24) is 15.1 Å². The second-order valence-electron chi connectivity index (χ2n) is 5.02. The summed E-state index contributed by atoms with van der Waals surface area (Å²) in [4.78, 5) is 10.8. The van der Waals surface area contributed by atoms with Gasteiger partial charge in [-0.05, 0) is 13.8 Å². The Morgan fingerprint density at radius 3 is 2.76 bits per heavy atom. The number of anilines is 2. The van der Waals surface area contributed by atoms with Gasteiger partial charge in [0.1, 0.15) is 23.7 Å². The summed E-state index contributed by atoms with van der Waals surface area (Å²) >= 11 is 0. The Morgan fingerprint density at radius 1 is 1.24 bits per heavy atom. The number of aryl methyl sites for hydroxylation is 2. The van der Waals surface area contributed by atoms with E-state index in [2.05, 4.69) is 25.3 Å². The normalized spacial score (nSPS) is 15.2. The summed E-state index contributed by atoms with van der Waals surface area (Å²) in [6.07, 6.45) is 1.58. The molecule has 0 unspecified atom stereocenters. The van der Waals surface area contributed by atoms with E-state index in [9.17, 15) is 0 Å². The molecule has 1 saturated heterocycles. The van der Waals surface area contributed by atoms with Crippen molar-refractivity contribution < 1.29 is 9.26 Å². The Morgan fingerprint density at radius 2 is 2.05 bits per heavy atom. The Bertz CT molecular complexity index is 588. The largest absolute Gasteiger partial charge is 0.378 e. The Hall–Kier alpha value is -2.15. The molecule has 2 aromatic rings. The molecule has 1 N–H and O–H groups in total. The van der Waals surface area contributed by atoms with Gasteiger partial charge in [-0.2, -0.15) is 0 Å². The topological polar surface area (TPSA) is 76.3 Å². The van der Waals surface area contributed by atoms with Crippen LogP contribution < -0.4 is 10.2 Å². The van der Waals surface area contributed by atoms with Crippen LogP contribution in [0, 0.1) is 13.8 Å². The van der Waals surface area contributed by atoms with Crippen LogP contribution >= 0.6 is 0 Å². The molecule has 0 aliphatic carbocycles. The van der Waals surface area contributed by atoms with Crippen LogP contribution in [0.5, 0.6) is 0 Å². The molecule has 1 fully saturated rings. The lowest BCUT2D eigenvalue weighted by molar-refractivity contribution is 0.122. The van der Waals surface area contributed by atoms with Crippen LogP contribution in [0.25, 0.3) is 0 Å². The van der Waals surface area contributed by atoms with Crippen molar-refractivity contribution in [2.75, 3.05) is 36.5 Å². The fourth-order valence-electron chi connectivity index (χ4n) is 2.34.